The minimum absolute atomic E-state index is 0.0639. The van der Waals surface area contributed by atoms with Gasteiger partial charge in [0.25, 0.3) is 5.91 Å². The largest absolute Gasteiger partial charge is 0.368 e. The molecule has 1 aliphatic rings. The van der Waals surface area contributed by atoms with E-state index in [1.165, 1.54) is 0 Å². The van der Waals surface area contributed by atoms with Crippen LogP contribution in [0.5, 0.6) is 0 Å². The normalized spacial score (nSPS) is 14.7. The first kappa shape index (κ1) is 17.1. The summed E-state index contributed by atoms with van der Waals surface area (Å²) in [5.41, 5.74) is 0.431. The van der Waals surface area contributed by atoms with Crippen molar-refractivity contribution >= 4 is 17.7 Å². The highest BCUT2D eigenvalue weighted by atomic mass is 16.2. The molecule has 0 atom stereocenters. The molecule has 1 amide bonds. The Morgan fingerprint density at radius 2 is 1.80 bits per heavy atom. The molecule has 2 aromatic rings. The predicted molar refractivity (Wildman–Crippen MR) is 95.7 cm³/mol. The molecular formula is C17H23N7O. The Balaban J connectivity index is 1.67. The van der Waals surface area contributed by atoms with E-state index >= 15 is 0 Å². The van der Waals surface area contributed by atoms with Gasteiger partial charge in [-0.2, -0.15) is 0 Å². The van der Waals surface area contributed by atoms with Gasteiger partial charge in [0.05, 0.1) is 0 Å². The van der Waals surface area contributed by atoms with Crippen molar-refractivity contribution in [3.05, 3.63) is 36.0 Å². The van der Waals surface area contributed by atoms with Crippen molar-refractivity contribution < 1.29 is 4.79 Å². The van der Waals surface area contributed by atoms with Crippen LogP contribution in [0.2, 0.25) is 0 Å². The lowest BCUT2D eigenvalue weighted by Gasteiger charge is -2.34. The van der Waals surface area contributed by atoms with Crippen LogP contribution in [0.25, 0.3) is 0 Å². The predicted octanol–water partition coefficient (Wildman–Crippen LogP) is 1.36. The Labute approximate surface area is 147 Å². The number of aryl methyl sites for hydroxylation is 1. The maximum Gasteiger partial charge on any atom is 0.272 e. The van der Waals surface area contributed by atoms with Crippen LogP contribution in [-0.4, -0.2) is 63.0 Å². The first-order valence-electron chi connectivity index (χ1n) is 8.46. The molecule has 0 radical (unpaired) electrons. The number of anilines is 2. The summed E-state index contributed by atoms with van der Waals surface area (Å²) >= 11 is 0. The molecule has 25 heavy (non-hydrogen) atoms. The number of hydrogen-bond acceptors (Lipinski definition) is 7. The van der Waals surface area contributed by atoms with Crippen LogP contribution in [0.15, 0.2) is 24.5 Å². The molecule has 0 unspecified atom stereocenters. The van der Waals surface area contributed by atoms with Crippen molar-refractivity contribution in [1.29, 1.82) is 0 Å². The lowest BCUT2D eigenvalue weighted by atomic mass is 10.2. The summed E-state index contributed by atoms with van der Waals surface area (Å²) in [6.07, 6.45) is 3.46. The highest BCUT2D eigenvalue weighted by molar-refractivity contribution is 5.93. The molecule has 0 spiro atoms. The van der Waals surface area contributed by atoms with Crippen LogP contribution < -0.4 is 10.2 Å². The van der Waals surface area contributed by atoms with Gasteiger partial charge in [0, 0.05) is 50.7 Å². The summed E-state index contributed by atoms with van der Waals surface area (Å²) in [7, 11) is 0. The van der Waals surface area contributed by atoms with Crippen LogP contribution in [0.1, 0.15) is 30.2 Å². The molecule has 0 saturated carbocycles. The SMILES string of the molecule is Cc1nc(NC(C)C)cc(C(=O)N2CCN(c3ncccn3)CC2)n1. The third-order valence-electron chi connectivity index (χ3n) is 3.90. The van der Waals surface area contributed by atoms with Crippen LogP contribution >= 0.6 is 0 Å². The second-order valence-electron chi connectivity index (χ2n) is 6.31. The summed E-state index contributed by atoms with van der Waals surface area (Å²) in [4.78, 5) is 33.9. The van der Waals surface area contributed by atoms with Gasteiger partial charge in [-0.15, -0.1) is 0 Å². The van der Waals surface area contributed by atoms with Gasteiger partial charge < -0.3 is 15.1 Å². The number of hydrogen-bond donors (Lipinski definition) is 1. The van der Waals surface area contributed by atoms with Crippen LogP contribution in [0.3, 0.4) is 0 Å². The zero-order chi connectivity index (χ0) is 17.8. The van der Waals surface area contributed by atoms with E-state index in [0.29, 0.717) is 49.5 Å². The third-order valence-corrected chi connectivity index (χ3v) is 3.90. The zero-order valence-electron chi connectivity index (χ0n) is 14.8. The maximum absolute atomic E-state index is 12.8. The fourth-order valence-corrected chi connectivity index (χ4v) is 2.77. The lowest BCUT2D eigenvalue weighted by molar-refractivity contribution is 0.0740. The Kier molecular flexibility index (Phi) is 5.06. The molecule has 1 saturated heterocycles. The quantitative estimate of drug-likeness (QED) is 0.898. The maximum atomic E-state index is 12.8. The van der Waals surface area contributed by atoms with Crippen molar-refractivity contribution in [2.24, 2.45) is 0 Å². The summed E-state index contributed by atoms with van der Waals surface area (Å²) < 4.78 is 0. The summed E-state index contributed by atoms with van der Waals surface area (Å²) in [6, 6.07) is 3.76. The van der Waals surface area contributed by atoms with Crippen molar-refractivity contribution in [2.45, 2.75) is 26.8 Å². The Morgan fingerprint density at radius 1 is 1.12 bits per heavy atom. The number of rotatable bonds is 4. The Bertz CT molecular complexity index is 727. The van der Waals surface area contributed by atoms with Gasteiger partial charge >= 0.3 is 0 Å². The standard InChI is InChI=1S/C17H23N7O/c1-12(2)20-15-11-14(21-13(3)22-15)16(25)23-7-9-24(10-8-23)17-18-5-4-6-19-17/h4-6,11-12H,7-10H2,1-3H3,(H,20,21,22). The van der Waals surface area contributed by atoms with Gasteiger partial charge in [0.1, 0.15) is 17.3 Å². The molecule has 3 heterocycles. The summed E-state index contributed by atoms with van der Waals surface area (Å²) in [6.45, 7) is 8.51. The molecule has 8 heteroatoms. The van der Waals surface area contributed by atoms with Crippen LogP contribution in [0.4, 0.5) is 11.8 Å². The second kappa shape index (κ2) is 7.42. The second-order valence-corrected chi connectivity index (χ2v) is 6.31. The molecule has 8 nitrogen and oxygen atoms in total. The molecule has 132 valence electrons. The minimum Gasteiger partial charge on any atom is -0.368 e. The fourth-order valence-electron chi connectivity index (χ4n) is 2.77. The number of carbonyl (C=O) groups is 1. The molecule has 3 rings (SSSR count). The number of nitrogens with zero attached hydrogens (tertiary/aromatic N) is 6. The Hall–Kier alpha value is -2.77. The van der Waals surface area contributed by atoms with E-state index in [2.05, 4.69) is 30.2 Å². The van der Waals surface area contributed by atoms with Crippen LogP contribution in [0, 0.1) is 6.92 Å². The first-order chi connectivity index (χ1) is 12.0. The average molecular weight is 341 g/mol. The van der Waals surface area contributed by atoms with E-state index < -0.39 is 0 Å². The molecule has 0 aromatic carbocycles. The minimum atomic E-state index is -0.0639. The van der Waals surface area contributed by atoms with Gasteiger partial charge in [0.15, 0.2) is 0 Å². The van der Waals surface area contributed by atoms with Crippen molar-refractivity contribution in [2.75, 3.05) is 36.4 Å². The molecule has 2 aromatic heterocycles. The zero-order valence-corrected chi connectivity index (χ0v) is 14.8. The number of piperazine rings is 1. The first-order valence-corrected chi connectivity index (χ1v) is 8.46. The molecule has 1 fully saturated rings. The number of carbonyl (C=O) groups excluding carboxylic acids is 1. The van der Waals surface area contributed by atoms with Crippen molar-refractivity contribution in [3.63, 3.8) is 0 Å². The molecule has 0 bridgehead atoms. The third kappa shape index (κ3) is 4.20. The average Bonchev–Trinajstić information content (AvgIpc) is 2.61. The fraction of sp³-hybridized carbons (Fsp3) is 0.471. The van der Waals surface area contributed by atoms with Crippen LogP contribution in [-0.2, 0) is 0 Å². The molecular weight excluding hydrogens is 318 g/mol. The van der Waals surface area contributed by atoms with Crippen molar-refractivity contribution in [1.82, 2.24) is 24.8 Å². The van der Waals surface area contributed by atoms with Gasteiger partial charge in [-0.05, 0) is 26.8 Å². The highest BCUT2D eigenvalue weighted by Gasteiger charge is 2.24. The topological polar surface area (TPSA) is 87.1 Å². The number of amides is 1. The molecule has 1 aliphatic heterocycles. The molecule has 0 aliphatic carbocycles. The van der Waals surface area contributed by atoms with E-state index in [1.54, 1.807) is 31.5 Å². The van der Waals surface area contributed by atoms with Crippen molar-refractivity contribution in [3.8, 4) is 0 Å². The van der Waals surface area contributed by atoms with Gasteiger partial charge in [-0.25, -0.2) is 19.9 Å². The van der Waals surface area contributed by atoms with Gasteiger partial charge in [-0.3, -0.25) is 4.79 Å². The Morgan fingerprint density at radius 3 is 2.44 bits per heavy atom. The van der Waals surface area contributed by atoms with E-state index in [9.17, 15) is 4.79 Å². The van der Waals surface area contributed by atoms with E-state index in [4.69, 9.17) is 0 Å². The van der Waals surface area contributed by atoms with Gasteiger partial charge in [0.2, 0.25) is 5.95 Å². The van der Waals surface area contributed by atoms with E-state index in [-0.39, 0.29) is 11.9 Å². The van der Waals surface area contributed by atoms with E-state index in [0.717, 1.165) is 0 Å². The number of aromatic nitrogens is 4. The van der Waals surface area contributed by atoms with E-state index in [1.807, 2.05) is 18.7 Å². The lowest BCUT2D eigenvalue weighted by Crippen LogP contribution is -2.49. The highest BCUT2D eigenvalue weighted by Crippen LogP contribution is 2.14. The smallest absolute Gasteiger partial charge is 0.272 e. The van der Waals surface area contributed by atoms with Gasteiger partial charge in [-0.1, -0.05) is 0 Å². The summed E-state index contributed by atoms with van der Waals surface area (Å²) in [5, 5.41) is 3.23. The number of nitrogens with one attached hydrogen (secondary N) is 1. The summed E-state index contributed by atoms with van der Waals surface area (Å²) in [5.74, 6) is 1.91. The molecule has 1 N–H and O–H groups in total. The monoisotopic (exact) mass is 341 g/mol.